The number of rotatable bonds is 2. The molecule has 0 aliphatic carbocycles. The second kappa shape index (κ2) is 5.06. The van der Waals surface area contributed by atoms with Crippen LogP contribution in [0.2, 0.25) is 0 Å². The molecular weight excluding hydrogens is 254 g/mol. The van der Waals surface area contributed by atoms with Gasteiger partial charge in [-0.15, -0.1) is 11.8 Å². The van der Waals surface area contributed by atoms with Crippen LogP contribution in [0, 0.1) is 5.92 Å². The first-order valence-electron chi connectivity index (χ1n) is 5.28. The number of carbonyl (C=O) groups excluding carboxylic acids is 1. The van der Waals surface area contributed by atoms with Gasteiger partial charge in [-0.1, -0.05) is 31.3 Å². The van der Waals surface area contributed by atoms with Crippen molar-refractivity contribution in [1.29, 1.82) is 0 Å². The number of para-hydroxylation sites is 1. The molecule has 0 saturated carbocycles. The average Bonchev–Trinajstić information content (AvgIpc) is 2.36. The van der Waals surface area contributed by atoms with E-state index < -0.39 is 0 Å². The maximum Gasteiger partial charge on any atom is 0.309 e. The number of benzene rings is 1. The van der Waals surface area contributed by atoms with E-state index in [1.807, 2.05) is 31.2 Å². The summed E-state index contributed by atoms with van der Waals surface area (Å²) in [5, 5.41) is 3.11. The Hall–Kier alpha value is -1.07. The van der Waals surface area contributed by atoms with E-state index in [4.69, 9.17) is 17.0 Å². The first kappa shape index (κ1) is 12.4. The fourth-order valence-electron chi connectivity index (χ4n) is 1.71. The summed E-state index contributed by atoms with van der Waals surface area (Å²) >= 11 is 6.92. The lowest BCUT2D eigenvalue weighted by atomic mass is 10.1. The molecule has 17 heavy (non-hydrogen) atoms. The van der Waals surface area contributed by atoms with Crippen LogP contribution in [-0.2, 0) is 9.53 Å². The molecular formula is C12H13NO2S2. The third kappa shape index (κ3) is 2.45. The summed E-state index contributed by atoms with van der Waals surface area (Å²) < 4.78 is 4.76. The fraction of sp³-hybridized carbons (Fsp3) is 0.333. The summed E-state index contributed by atoms with van der Waals surface area (Å²) in [6.07, 6.45) is 0. The van der Waals surface area contributed by atoms with Gasteiger partial charge in [0.25, 0.3) is 0 Å². The van der Waals surface area contributed by atoms with E-state index in [0.717, 1.165) is 10.6 Å². The quantitative estimate of drug-likeness (QED) is 0.659. The van der Waals surface area contributed by atoms with Gasteiger partial charge in [-0.05, 0) is 12.1 Å². The summed E-state index contributed by atoms with van der Waals surface area (Å²) in [5.41, 5.74) is 1.01. The van der Waals surface area contributed by atoms with E-state index in [-0.39, 0.29) is 17.1 Å². The van der Waals surface area contributed by atoms with Crippen molar-refractivity contribution in [2.45, 2.75) is 17.1 Å². The molecule has 0 radical (unpaired) electrons. The van der Waals surface area contributed by atoms with E-state index >= 15 is 0 Å². The highest BCUT2D eigenvalue weighted by molar-refractivity contribution is 8.02. The Morgan fingerprint density at radius 2 is 2.24 bits per heavy atom. The van der Waals surface area contributed by atoms with Crippen LogP contribution in [0.25, 0.3) is 0 Å². The number of hydrogen-bond donors (Lipinski definition) is 1. The maximum atomic E-state index is 11.5. The average molecular weight is 267 g/mol. The normalized spacial score (nSPS) is 20.1. The highest BCUT2D eigenvalue weighted by atomic mass is 32.2. The number of carbonyl (C=O) groups is 1. The lowest BCUT2D eigenvalue weighted by Gasteiger charge is -2.29. The van der Waals surface area contributed by atoms with Crippen molar-refractivity contribution < 1.29 is 9.53 Å². The molecule has 0 saturated heterocycles. The van der Waals surface area contributed by atoms with Gasteiger partial charge in [0.1, 0.15) is 0 Å². The van der Waals surface area contributed by atoms with Gasteiger partial charge in [0.15, 0.2) is 0 Å². The monoisotopic (exact) mass is 267 g/mol. The Morgan fingerprint density at radius 1 is 1.53 bits per heavy atom. The summed E-state index contributed by atoms with van der Waals surface area (Å²) in [6.45, 7) is 1.84. The molecule has 5 heteroatoms. The van der Waals surface area contributed by atoms with E-state index in [0.29, 0.717) is 4.99 Å². The number of esters is 1. The predicted molar refractivity (Wildman–Crippen MR) is 73.5 cm³/mol. The van der Waals surface area contributed by atoms with Crippen molar-refractivity contribution in [2.75, 3.05) is 12.4 Å². The summed E-state index contributed by atoms with van der Waals surface area (Å²) in [6, 6.07) is 7.93. The van der Waals surface area contributed by atoms with Crippen molar-refractivity contribution in [3.05, 3.63) is 24.3 Å². The number of methoxy groups -OCH3 is 1. The zero-order valence-electron chi connectivity index (χ0n) is 9.60. The second-order valence-electron chi connectivity index (χ2n) is 3.84. The molecule has 1 aliphatic rings. The number of thioether (sulfide) groups is 1. The molecule has 0 spiro atoms. The first-order chi connectivity index (χ1) is 8.13. The lowest BCUT2D eigenvalue weighted by molar-refractivity contribution is -0.144. The van der Waals surface area contributed by atoms with Gasteiger partial charge in [0, 0.05) is 4.90 Å². The van der Waals surface area contributed by atoms with E-state index in [1.165, 1.54) is 7.11 Å². The number of ether oxygens (including phenoxy) is 1. The van der Waals surface area contributed by atoms with Gasteiger partial charge < -0.3 is 10.1 Å². The van der Waals surface area contributed by atoms with Gasteiger partial charge in [0.05, 0.1) is 29.0 Å². The van der Waals surface area contributed by atoms with Crippen LogP contribution in [0.1, 0.15) is 6.92 Å². The molecule has 90 valence electrons. The Bertz CT molecular complexity index is 462. The van der Waals surface area contributed by atoms with Crippen molar-refractivity contribution in [1.82, 2.24) is 0 Å². The molecule has 1 aromatic carbocycles. The third-order valence-electron chi connectivity index (χ3n) is 2.68. The molecule has 1 heterocycles. The third-order valence-corrected chi connectivity index (χ3v) is 4.70. The van der Waals surface area contributed by atoms with Crippen molar-refractivity contribution in [2.24, 2.45) is 5.92 Å². The Labute approximate surface area is 110 Å². The fourth-order valence-corrected chi connectivity index (χ4v) is 3.32. The molecule has 3 nitrogen and oxygen atoms in total. The van der Waals surface area contributed by atoms with Gasteiger partial charge in [0.2, 0.25) is 0 Å². The van der Waals surface area contributed by atoms with Crippen LogP contribution in [0.4, 0.5) is 5.69 Å². The van der Waals surface area contributed by atoms with Crippen LogP contribution >= 0.6 is 24.0 Å². The van der Waals surface area contributed by atoms with Gasteiger partial charge in [-0.3, -0.25) is 4.79 Å². The van der Waals surface area contributed by atoms with Crippen molar-refractivity contribution in [3.63, 3.8) is 0 Å². The van der Waals surface area contributed by atoms with E-state index in [2.05, 4.69) is 5.32 Å². The van der Waals surface area contributed by atoms with Crippen LogP contribution in [-0.4, -0.2) is 23.3 Å². The molecule has 0 unspecified atom stereocenters. The highest BCUT2D eigenvalue weighted by Gasteiger charge is 2.32. The molecule has 1 N–H and O–H groups in total. The molecule has 1 aromatic rings. The number of anilines is 1. The Morgan fingerprint density at radius 3 is 2.94 bits per heavy atom. The van der Waals surface area contributed by atoms with Gasteiger partial charge in [-0.25, -0.2) is 0 Å². The first-order valence-corrected chi connectivity index (χ1v) is 6.56. The van der Waals surface area contributed by atoms with Crippen LogP contribution < -0.4 is 5.32 Å². The standard InChI is InChI=1S/C12H13NO2S2/c1-7(12(14)15-2)10-11(16)13-8-5-3-4-6-9(8)17-10/h3-7,10H,1-2H3,(H,13,16)/t7-,10+/m1/s1. The minimum atomic E-state index is -0.252. The minimum Gasteiger partial charge on any atom is -0.469 e. The topological polar surface area (TPSA) is 38.3 Å². The predicted octanol–water partition coefficient (Wildman–Crippen LogP) is 2.71. The molecule has 2 atom stereocenters. The lowest BCUT2D eigenvalue weighted by Crippen LogP contribution is -2.36. The van der Waals surface area contributed by atoms with Crippen LogP contribution in [0.5, 0.6) is 0 Å². The van der Waals surface area contributed by atoms with Crippen LogP contribution in [0.15, 0.2) is 29.2 Å². The summed E-state index contributed by atoms with van der Waals surface area (Å²) in [7, 11) is 1.40. The maximum absolute atomic E-state index is 11.5. The van der Waals surface area contributed by atoms with Crippen molar-refractivity contribution >= 4 is 40.6 Å². The van der Waals surface area contributed by atoms with Crippen molar-refractivity contribution in [3.8, 4) is 0 Å². The number of fused-ring (bicyclic) bond motifs is 1. The highest BCUT2D eigenvalue weighted by Crippen LogP contribution is 2.38. The second-order valence-corrected chi connectivity index (χ2v) is 5.46. The molecule has 2 rings (SSSR count). The molecule has 0 amide bonds. The van der Waals surface area contributed by atoms with E-state index in [1.54, 1.807) is 11.8 Å². The number of thiocarbonyl (C=S) groups is 1. The SMILES string of the molecule is COC(=O)[C@H](C)[C@@H]1Sc2ccccc2NC1=S. The van der Waals surface area contributed by atoms with Gasteiger partial charge in [-0.2, -0.15) is 0 Å². The largest absolute Gasteiger partial charge is 0.469 e. The summed E-state index contributed by atoms with van der Waals surface area (Å²) in [4.78, 5) is 13.3. The van der Waals surface area contributed by atoms with Gasteiger partial charge >= 0.3 is 5.97 Å². The summed E-state index contributed by atoms with van der Waals surface area (Å²) in [5.74, 6) is -0.482. The Kier molecular flexibility index (Phi) is 3.69. The Balaban J connectivity index is 2.23. The smallest absolute Gasteiger partial charge is 0.309 e. The number of hydrogen-bond acceptors (Lipinski definition) is 4. The molecule has 0 fully saturated rings. The minimum absolute atomic E-state index is 0.0626. The zero-order valence-corrected chi connectivity index (χ0v) is 11.2. The van der Waals surface area contributed by atoms with E-state index in [9.17, 15) is 4.79 Å². The zero-order chi connectivity index (χ0) is 12.4. The number of nitrogens with one attached hydrogen (secondary N) is 1. The molecule has 0 bridgehead atoms. The molecule has 1 aliphatic heterocycles. The molecule has 0 aromatic heterocycles. The van der Waals surface area contributed by atoms with Crippen LogP contribution in [0.3, 0.4) is 0 Å².